The summed E-state index contributed by atoms with van der Waals surface area (Å²) >= 11 is 0. The highest BCUT2D eigenvalue weighted by Crippen LogP contribution is 2.51. The van der Waals surface area contributed by atoms with Gasteiger partial charge in [-0.3, -0.25) is 4.90 Å². The summed E-state index contributed by atoms with van der Waals surface area (Å²) in [5.74, 6) is 0.0576. The number of nitrogens with zero attached hydrogens (tertiary/aromatic N) is 2. The number of likely N-dealkylation sites (tertiary alicyclic amines) is 1. The van der Waals surface area contributed by atoms with Crippen LogP contribution >= 0.6 is 0 Å². The lowest BCUT2D eigenvalue weighted by Crippen LogP contribution is -2.62. The minimum Gasteiger partial charge on any atom is -0.453 e. The third-order valence-corrected chi connectivity index (χ3v) is 12.4. The molecule has 2 amide bonds. The number of fused-ring (bicyclic) bond motifs is 4. The number of carbonyl (C=O) groups excluding carboxylic acids is 2. The van der Waals surface area contributed by atoms with Crippen molar-refractivity contribution in [1.29, 1.82) is 0 Å². The molecule has 0 radical (unpaired) electrons. The summed E-state index contributed by atoms with van der Waals surface area (Å²) in [7, 11) is 0.642. The molecule has 0 N–H and O–H groups in total. The number of hydrogen-bond donors (Lipinski definition) is 0. The Kier molecular flexibility index (Phi) is 6.11. The van der Waals surface area contributed by atoms with Crippen molar-refractivity contribution in [3.05, 3.63) is 35.9 Å². The Balaban J connectivity index is 1.88. The van der Waals surface area contributed by atoms with Crippen LogP contribution < -0.4 is 4.90 Å². The molecule has 0 aromatic heterocycles. The summed E-state index contributed by atoms with van der Waals surface area (Å²) in [5.41, 5.74) is 2.84. The van der Waals surface area contributed by atoms with Gasteiger partial charge < -0.3 is 18.8 Å². The average molecular weight is 473 g/mol. The second kappa shape index (κ2) is 8.47. The number of hydrogen-bond acceptors (Lipinski definition) is 5. The molecule has 180 valence electrons. The zero-order valence-electron chi connectivity index (χ0n) is 20.8. The van der Waals surface area contributed by atoms with Crippen molar-refractivity contribution in [3.63, 3.8) is 0 Å². The minimum atomic E-state index is -2.20. The van der Waals surface area contributed by atoms with Crippen molar-refractivity contribution in [2.24, 2.45) is 5.92 Å². The largest absolute Gasteiger partial charge is 0.453 e. The fourth-order valence-electron chi connectivity index (χ4n) is 5.24. The predicted octanol–water partition coefficient (Wildman–Crippen LogP) is 5.28. The molecule has 0 saturated carbocycles. The first-order valence-electron chi connectivity index (χ1n) is 11.7. The third-order valence-electron chi connectivity index (χ3n) is 7.91. The maximum Gasteiger partial charge on any atom is 0.414 e. The lowest BCUT2D eigenvalue weighted by Gasteiger charge is -2.51. The van der Waals surface area contributed by atoms with Crippen LogP contribution in [0.25, 0.3) is 5.57 Å². The van der Waals surface area contributed by atoms with E-state index in [9.17, 15) is 9.59 Å². The quantitative estimate of drug-likeness (QED) is 0.548. The number of carbonyl (C=O) groups is 2. The van der Waals surface area contributed by atoms with Gasteiger partial charge in [-0.05, 0) is 42.6 Å². The first-order valence-corrected chi connectivity index (χ1v) is 14.6. The van der Waals surface area contributed by atoms with Gasteiger partial charge >= 0.3 is 12.2 Å². The van der Waals surface area contributed by atoms with Gasteiger partial charge in [0.05, 0.1) is 38.1 Å². The number of benzene rings is 1. The number of rotatable bonds is 2. The number of ether oxygens (including phenoxy) is 2. The molecule has 7 nitrogen and oxygen atoms in total. The number of anilines is 1. The molecule has 0 unspecified atom stereocenters. The molecule has 1 aromatic carbocycles. The summed E-state index contributed by atoms with van der Waals surface area (Å²) in [6, 6.07) is 7.47. The zero-order chi connectivity index (χ0) is 24.1. The molecule has 2 aliphatic heterocycles. The van der Waals surface area contributed by atoms with Gasteiger partial charge in [0.25, 0.3) is 0 Å². The summed E-state index contributed by atoms with van der Waals surface area (Å²) in [6.45, 7) is 11.8. The maximum absolute atomic E-state index is 13.1. The molecule has 2 heterocycles. The van der Waals surface area contributed by atoms with Crippen LogP contribution in [0, 0.1) is 5.92 Å². The van der Waals surface area contributed by atoms with E-state index in [4.69, 9.17) is 13.9 Å². The normalized spacial score (nSPS) is 26.7. The molecule has 1 saturated heterocycles. The van der Waals surface area contributed by atoms with E-state index in [1.165, 1.54) is 14.2 Å². The number of amides is 2. The fraction of sp³-hybridized carbons (Fsp3) is 0.600. The van der Waals surface area contributed by atoms with E-state index in [-0.39, 0.29) is 35.2 Å². The highest BCUT2D eigenvalue weighted by Gasteiger charge is 2.55. The van der Waals surface area contributed by atoms with Gasteiger partial charge in [-0.25, -0.2) is 9.59 Å². The van der Waals surface area contributed by atoms with Gasteiger partial charge in [-0.2, -0.15) is 0 Å². The van der Waals surface area contributed by atoms with Crippen LogP contribution in [0.1, 0.15) is 39.2 Å². The molecule has 4 rings (SSSR count). The Hall–Kier alpha value is -2.32. The molecule has 1 fully saturated rings. The third kappa shape index (κ3) is 3.87. The van der Waals surface area contributed by atoms with Crippen LogP contribution in [0.3, 0.4) is 0 Å². The van der Waals surface area contributed by atoms with Crippen LogP contribution in [0.2, 0.25) is 18.1 Å². The summed E-state index contributed by atoms with van der Waals surface area (Å²) in [5, 5.41) is 0.00206. The monoisotopic (exact) mass is 472 g/mol. The molecule has 1 aliphatic carbocycles. The Morgan fingerprint density at radius 2 is 1.73 bits per heavy atom. The highest BCUT2D eigenvalue weighted by atomic mass is 28.4. The van der Waals surface area contributed by atoms with Crippen molar-refractivity contribution in [2.75, 3.05) is 25.7 Å². The Labute approximate surface area is 197 Å². The van der Waals surface area contributed by atoms with Crippen molar-refractivity contribution >= 4 is 31.8 Å². The fourth-order valence-corrected chi connectivity index (χ4v) is 6.57. The van der Waals surface area contributed by atoms with Crippen molar-refractivity contribution in [3.8, 4) is 0 Å². The first-order chi connectivity index (χ1) is 15.5. The van der Waals surface area contributed by atoms with E-state index in [1.807, 2.05) is 29.2 Å². The SMILES string of the molecule is COC(=O)N1CCC[C@H]2[C@@H](O[Si](C)(C)C(C)(C)C)[C@@H]3C(=C[C@H]21)c1ccccc1N3C(=O)OC. The molecular weight excluding hydrogens is 436 g/mol. The second-order valence-electron chi connectivity index (χ2n) is 10.7. The van der Waals surface area contributed by atoms with Crippen molar-refractivity contribution < 1.29 is 23.5 Å². The van der Waals surface area contributed by atoms with E-state index >= 15 is 0 Å². The van der Waals surface area contributed by atoms with Gasteiger partial charge in [-0.15, -0.1) is 0 Å². The lowest BCUT2D eigenvalue weighted by molar-refractivity contribution is 0.0176. The van der Waals surface area contributed by atoms with Crippen LogP contribution in [-0.4, -0.2) is 64.4 Å². The summed E-state index contributed by atoms with van der Waals surface area (Å²) in [4.78, 5) is 29.3. The standard InChI is InChI=1S/C25H36N2O5Si/c1-25(2,3)33(6,7)32-22-17-12-10-14-26(23(28)30-4)20(17)15-18-16-11-8-9-13-19(16)27(21(18)22)24(29)31-5/h8-9,11,13,15,17,20-22H,10,12,14H2,1-7H3/t17-,20-,21+,22-/m1/s1. The number of para-hydroxylation sites is 1. The van der Waals surface area contributed by atoms with Crippen LogP contribution in [0.4, 0.5) is 15.3 Å². The number of methoxy groups -OCH3 is 2. The van der Waals surface area contributed by atoms with Crippen molar-refractivity contribution in [2.45, 2.75) is 69.9 Å². The average Bonchev–Trinajstić information content (AvgIpc) is 3.11. The van der Waals surface area contributed by atoms with E-state index < -0.39 is 14.4 Å². The lowest BCUT2D eigenvalue weighted by atomic mass is 9.74. The maximum atomic E-state index is 13.1. The molecular formula is C25H36N2O5Si. The molecule has 0 bridgehead atoms. The molecule has 1 aromatic rings. The first kappa shape index (κ1) is 23.8. The van der Waals surface area contributed by atoms with Gasteiger partial charge in [0, 0.05) is 18.0 Å². The van der Waals surface area contributed by atoms with E-state index in [2.05, 4.69) is 39.9 Å². The van der Waals surface area contributed by atoms with Crippen LogP contribution in [0.5, 0.6) is 0 Å². The van der Waals surface area contributed by atoms with E-state index in [1.54, 1.807) is 4.90 Å². The van der Waals surface area contributed by atoms with Crippen LogP contribution in [-0.2, 0) is 13.9 Å². The molecule has 8 heteroatoms. The molecule has 0 spiro atoms. The van der Waals surface area contributed by atoms with E-state index in [0.29, 0.717) is 6.54 Å². The summed E-state index contributed by atoms with van der Waals surface area (Å²) < 4.78 is 17.5. The molecule has 3 aliphatic rings. The Bertz CT molecular complexity index is 970. The molecule has 4 atom stereocenters. The second-order valence-corrected chi connectivity index (χ2v) is 15.5. The zero-order valence-corrected chi connectivity index (χ0v) is 21.8. The van der Waals surface area contributed by atoms with Crippen molar-refractivity contribution in [1.82, 2.24) is 4.90 Å². The van der Waals surface area contributed by atoms with Gasteiger partial charge in [0.15, 0.2) is 8.32 Å². The smallest absolute Gasteiger partial charge is 0.414 e. The number of piperidine rings is 1. The van der Waals surface area contributed by atoms with Gasteiger partial charge in [0.2, 0.25) is 0 Å². The van der Waals surface area contributed by atoms with Gasteiger partial charge in [0.1, 0.15) is 0 Å². The Morgan fingerprint density at radius 3 is 2.36 bits per heavy atom. The van der Waals surface area contributed by atoms with E-state index in [0.717, 1.165) is 29.7 Å². The summed E-state index contributed by atoms with van der Waals surface area (Å²) in [6.07, 6.45) is 2.99. The minimum absolute atomic E-state index is 0.00206. The highest BCUT2D eigenvalue weighted by molar-refractivity contribution is 6.74. The topological polar surface area (TPSA) is 68.3 Å². The van der Waals surface area contributed by atoms with Crippen LogP contribution in [0.15, 0.2) is 30.3 Å². The molecule has 33 heavy (non-hydrogen) atoms. The predicted molar refractivity (Wildman–Crippen MR) is 131 cm³/mol. The Morgan fingerprint density at radius 1 is 1.06 bits per heavy atom. The van der Waals surface area contributed by atoms with Gasteiger partial charge in [-0.1, -0.05) is 45.0 Å².